The van der Waals surface area contributed by atoms with E-state index in [-0.39, 0.29) is 36.6 Å². The third-order valence-electron chi connectivity index (χ3n) is 15.0. The van der Waals surface area contributed by atoms with Gasteiger partial charge in [-0.15, -0.1) is 11.3 Å². The molecule has 2 saturated heterocycles. The van der Waals surface area contributed by atoms with Crippen molar-refractivity contribution >= 4 is 61.6 Å². The molecule has 2 aromatic heterocycles. The summed E-state index contributed by atoms with van der Waals surface area (Å²) in [6.45, 7) is 15.9. The molecule has 2 aliphatic carbocycles. The van der Waals surface area contributed by atoms with E-state index in [1.165, 1.54) is 11.3 Å². The first-order valence-electron chi connectivity index (χ1n) is 25.2. The maximum absolute atomic E-state index is 14.9. The number of methoxy groups -OCH3 is 1. The summed E-state index contributed by atoms with van der Waals surface area (Å²) in [6, 6.07) is 11.2. The van der Waals surface area contributed by atoms with E-state index >= 15 is 0 Å². The zero-order valence-electron chi connectivity index (χ0n) is 42.2. The van der Waals surface area contributed by atoms with Crippen LogP contribution in [0, 0.1) is 18.3 Å². The minimum absolute atomic E-state index is 0.0611. The van der Waals surface area contributed by atoms with Crippen molar-refractivity contribution in [1.29, 1.82) is 0 Å². The molecule has 4 aromatic rings. The molecule has 18 heteroatoms. The highest BCUT2D eigenvalue weighted by molar-refractivity contribution is 7.91. The fourth-order valence-electron chi connectivity index (χ4n) is 9.77. The Morgan fingerprint density at radius 2 is 1.76 bits per heavy atom. The van der Waals surface area contributed by atoms with Gasteiger partial charge in [0.2, 0.25) is 27.7 Å². The van der Waals surface area contributed by atoms with Gasteiger partial charge in [-0.05, 0) is 101 Å². The van der Waals surface area contributed by atoms with Gasteiger partial charge in [-0.1, -0.05) is 58.8 Å². The highest BCUT2D eigenvalue weighted by Crippen LogP contribution is 2.54. The van der Waals surface area contributed by atoms with Crippen molar-refractivity contribution in [2.75, 3.05) is 51.7 Å². The number of pyridine rings is 1. The lowest BCUT2D eigenvalue weighted by Crippen LogP contribution is -2.49. The van der Waals surface area contributed by atoms with Crippen LogP contribution in [0.5, 0.6) is 11.5 Å². The van der Waals surface area contributed by atoms with Gasteiger partial charge in [0.15, 0.2) is 0 Å². The van der Waals surface area contributed by atoms with E-state index < -0.39 is 50.2 Å². The molecule has 4 fully saturated rings. The molecule has 0 bridgehead atoms. The molecule has 1 unspecified atom stereocenters. The Morgan fingerprint density at radius 1 is 1.00 bits per heavy atom. The number of likely N-dealkylation sites (tertiary alicyclic amines) is 1. The van der Waals surface area contributed by atoms with E-state index in [0.717, 1.165) is 60.5 Å². The summed E-state index contributed by atoms with van der Waals surface area (Å²) in [7, 11) is -2.06. The minimum Gasteiger partial charge on any atom is -0.496 e. The standard InChI is InChI=1S/C53H70N8O8S2/c1-8-59-23-25-60(26-24-59)50(64)35-15-14-16-36(27-35)55-40(17-12-10-9-11-13-20-52(5)30-39(52)48(63)58-71(66,67)53(6)21-22-53)51(65)61-31-37(28-43(61)47(54)62)69-45-29-41(49-57-42(32-70-49)33(2)3)56-46-34(4)44(68-7)19-18-38(45)46/h13-16,18-20,27,29,32-33,37,39-40,43,55H,8-12,17,21-26,28,30-31H2,1-7H3,(H2,54,62)(H,58,63)/b20-13-/t37-,39-,40+,43+,52?/m1/s1. The number of aromatic nitrogens is 2. The van der Waals surface area contributed by atoms with Crippen LogP contribution in [0.3, 0.4) is 0 Å². The van der Waals surface area contributed by atoms with Crippen LogP contribution >= 0.6 is 11.3 Å². The third kappa shape index (κ3) is 11.5. The number of sulfonamides is 1. The van der Waals surface area contributed by atoms with E-state index in [1.54, 1.807) is 31.1 Å². The normalized spacial score (nSPS) is 22.5. The number of ether oxygens (including phenoxy) is 2. The molecule has 2 aromatic carbocycles. The van der Waals surface area contributed by atoms with Crippen LogP contribution in [0.1, 0.15) is 120 Å². The number of aryl methyl sites for hydroxylation is 1. The third-order valence-corrected chi connectivity index (χ3v) is 18.1. The SMILES string of the molecule is CCN1CCN(C(=O)c2cccc(N[C@@H](CCCCC/C=C\C3(C)C[C@@H]3C(=O)NS(=O)(=O)C3(C)CC3)C(=O)N3C[C@H](Oc4cc(-c5nc(C(C)C)cs5)nc5c(C)c(OC)ccc45)C[C@H]3C(N)=O)c2)CC1. The van der Waals surface area contributed by atoms with Crippen molar-refractivity contribution in [3.05, 3.63) is 76.8 Å². The largest absolute Gasteiger partial charge is 0.496 e. The van der Waals surface area contributed by atoms with Crippen molar-refractivity contribution < 1.29 is 37.1 Å². The van der Waals surface area contributed by atoms with Gasteiger partial charge in [0.05, 0.1) is 29.6 Å². The molecular formula is C53H70N8O8S2. The van der Waals surface area contributed by atoms with Gasteiger partial charge in [-0.25, -0.2) is 18.4 Å². The number of nitrogens with zero attached hydrogens (tertiary/aromatic N) is 5. The number of hydrogen-bond donors (Lipinski definition) is 3. The second kappa shape index (κ2) is 21.2. The number of fused-ring (bicyclic) bond motifs is 1. The number of anilines is 1. The van der Waals surface area contributed by atoms with Gasteiger partial charge in [-0.3, -0.25) is 23.9 Å². The Hall–Kier alpha value is -5.59. The van der Waals surface area contributed by atoms with Crippen LogP contribution in [0.2, 0.25) is 0 Å². The van der Waals surface area contributed by atoms with E-state index in [1.807, 2.05) is 60.5 Å². The molecule has 382 valence electrons. The number of nitrogens with one attached hydrogen (secondary N) is 2. The molecule has 4 heterocycles. The average molecular weight is 1010 g/mol. The fraction of sp³-hybridized carbons (Fsp3) is 0.547. The predicted molar refractivity (Wildman–Crippen MR) is 277 cm³/mol. The summed E-state index contributed by atoms with van der Waals surface area (Å²) in [6.07, 6.45) is 8.89. The zero-order chi connectivity index (χ0) is 50.8. The number of carbonyl (C=O) groups is 4. The summed E-state index contributed by atoms with van der Waals surface area (Å²) in [5.41, 5.74) is 9.98. The number of likely N-dealkylation sites (N-methyl/N-ethyl adjacent to an activating group) is 1. The quantitative estimate of drug-likeness (QED) is 0.0551. The number of rotatable bonds is 21. The van der Waals surface area contributed by atoms with Gasteiger partial charge >= 0.3 is 0 Å². The lowest BCUT2D eigenvalue weighted by molar-refractivity contribution is -0.138. The summed E-state index contributed by atoms with van der Waals surface area (Å²) in [4.78, 5) is 70.4. The summed E-state index contributed by atoms with van der Waals surface area (Å²) in [5.74, 6) is -0.327. The van der Waals surface area contributed by atoms with Crippen LogP contribution in [0.15, 0.2) is 60.0 Å². The lowest BCUT2D eigenvalue weighted by Gasteiger charge is -2.34. The molecule has 4 aliphatic rings. The minimum atomic E-state index is -3.69. The smallest absolute Gasteiger partial charge is 0.254 e. The molecule has 71 heavy (non-hydrogen) atoms. The average Bonchev–Trinajstić information content (AvgIpc) is 4.11. The zero-order valence-corrected chi connectivity index (χ0v) is 43.8. The molecule has 2 saturated carbocycles. The number of unbranched alkanes of at least 4 members (excludes halogenated alkanes) is 3. The van der Waals surface area contributed by atoms with Gasteiger partial charge in [-0.2, -0.15) is 0 Å². The molecule has 8 rings (SSSR count). The van der Waals surface area contributed by atoms with E-state index in [9.17, 15) is 27.6 Å². The van der Waals surface area contributed by atoms with Crippen molar-refractivity contribution in [2.24, 2.45) is 17.1 Å². The Labute approximate surface area is 422 Å². The number of benzene rings is 2. The number of carbonyl (C=O) groups excluding carboxylic acids is 4. The van der Waals surface area contributed by atoms with Crippen LogP contribution in [-0.2, 0) is 24.4 Å². The maximum Gasteiger partial charge on any atom is 0.254 e. The topological polar surface area (TPSA) is 206 Å². The summed E-state index contributed by atoms with van der Waals surface area (Å²) >= 11 is 1.51. The number of amides is 4. The Morgan fingerprint density at radius 3 is 2.44 bits per heavy atom. The highest BCUT2D eigenvalue weighted by Gasteiger charge is 2.56. The van der Waals surface area contributed by atoms with Crippen molar-refractivity contribution in [3.8, 4) is 22.2 Å². The number of nitrogens with two attached hydrogens (primary N) is 1. The lowest BCUT2D eigenvalue weighted by atomic mass is 10.0. The molecule has 0 spiro atoms. The Kier molecular flexibility index (Phi) is 15.5. The second-order valence-electron chi connectivity index (χ2n) is 20.6. The van der Waals surface area contributed by atoms with Gasteiger partial charge in [0.25, 0.3) is 5.91 Å². The number of allylic oxidation sites excluding steroid dienone is 2. The number of thiazole rings is 1. The first-order chi connectivity index (χ1) is 33.8. The molecular weight excluding hydrogens is 941 g/mol. The molecule has 2 aliphatic heterocycles. The van der Waals surface area contributed by atoms with Gasteiger partial charge < -0.3 is 35.2 Å². The van der Waals surface area contributed by atoms with E-state index in [2.05, 4.69) is 41.8 Å². The maximum atomic E-state index is 14.9. The van der Waals surface area contributed by atoms with Crippen LogP contribution < -0.4 is 25.2 Å². The number of piperazine rings is 1. The van der Waals surface area contributed by atoms with Crippen LogP contribution in [0.4, 0.5) is 5.69 Å². The van der Waals surface area contributed by atoms with Gasteiger partial charge in [0, 0.05) is 72.2 Å². The van der Waals surface area contributed by atoms with Crippen LogP contribution in [0.25, 0.3) is 21.6 Å². The monoisotopic (exact) mass is 1010 g/mol. The Balaban J connectivity index is 0.973. The first kappa shape index (κ1) is 51.8. The first-order valence-corrected chi connectivity index (χ1v) is 27.5. The van der Waals surface area contributed by atoms with Crippen molar-refractivity contribution in [1.82, 2.24) is 29.4 Å². The highest BCUT2D eigenvalue weighted by atomic mass is 32.2. The molecule has 16 nitrogen and oxygen atoms in total. The van der Waals surface area contributed by atoms with E-state index in [4.69, 9.17) is 25.2 Å². The number of hydrogen-bond acceptors (Lipinski definition) is 13. The fourth-order valence-corrected chi connectivity index (χ4v) is 12.0. The van der Waals surface area contributed by atoms with Crippen molar-refractivity contribution in [2.45, 2.75) is 128 Å². The summed E-state index contributed by atoms with van der Waals surface area (Å²) < 4.78 is 39.2. The molecule has 4 N–H and O–H groups in total. The van der Waals surface area contributed by atoms with E-state index in [0.29, 0.717) is 79.2 Å². The molecule has 0 radical (unpaired) electrons. The molecule has 4 amide bonds. The Bertz CT molecular complexity index is 2780. The number of primary amides is 1. The van der Waals surface area contributed by atoms with Crippen LogP contribution in [-0.4, -0.2) is 126 Å². The predicted octanol–water partition coefficient (Wildman–Crippen LogP) is 7.42. The van der Waals surface area contributed by atoms with Crippen molar-refractivity contribution in [3.63, 3.8) is 0 Å². The molecule has 5 atom stereocenters. The summed E-state index contributed by atoms with van der Waals surface area (Å²) in [5, 5.41) is 7.01. The second-order valence-corrected chi connectivity index (χ2v) is 23.7. The van der Waals surface area contributed by atoms with Gasteiger partial charge in [0.1, 0.15) is 40.4 Å².